The Kier molecular flexibility index (Phi) is 5.13. The first-order valence-electron chi connectivity index (χ1n) is 7.77. The van der Waals surface area contributed by atoms with Gasteiger partial charge in [0.25, 0.3) is 5.69 Å². The molecule has 0 aliphatic carbocycles. The molecule has 2 heterocycles. The Morgan fingerprint density at radius 3 is 2.85 bits per heavy atom. The maximum absolute atomic E-state index is 12.3. The molecule has 8 nitrogen and oxygen atoms in total. The van der Waals surface area contributed by atoms with E-state index in [1.807, 2.05) is 6.07 Å². The van der Waals surface area contributed by atoms with E-state index in [2.05, 4.69) is 4.98 Å². The Bertz CT molecular complexity index is 859. The second-order valence-corrected chi connectivity index (χ2v) is 6.20. The first-order valence-corrected chi connectivity index (χ1v) is 8.15. The molecule has 0 bridgehead atoms. The summed E-state index contributed by atoms with van der Waals surface area (Å²) in [6.07, 6.45) is 1.69. The van der Waals surface area contributed by atoms with Crippen LogP contribution in [-0.2, 0) is 16.1 Å². The molecule has 26 heavy (non-hydrogen) atoms. The van der Waals surface area contributed by atoms with Crippen molar-refractivity contribution in [1.29, 1.82) is 0 Å². The minimum Gasteiger partial charge on any atom is -0.426 e. The Morgan fingerprint density at radius 2 is 2.19 bits per heavy atom. The van der Waals surface area contributed by atoms with Crippen molar-refractivity contribution in [3.8, 4) is 5.75 Å². The number of likely N-dealkylation sites (tertiary alicyclic amines) is 1. The lowest BCUT2D eigenvalue weighted by molar-refractivity contribution is -0.384. The van der Waals surface area contributed by atoms with E-state index in [0.717, 1.165) is 11.8 Å². The van der Waals surface area contributed by atoms with Crippen LogP contribution in [0.5, 0.6) is 5.75 Å². The van der Waals surface area contributed by atoms with Crippen molar-refractivity contribution >= 4 is 29.2 Å². The summed E-state index contributed by atoms with van der Waals surface area (Å²) in [5.41, 5.74) is 0.459. The molecule has 1 unspecified atom stereocenters. The summed E-state index contributed by atoms with van der Waals surface area (Å²) in [6.45, 7) is 0.557. The number of esters is 1. The van der Waals surface area contributed by atoms with Gasteiger partial charge in [-0.3, -0.25) is 24.7 Å². The molecule has 1 aromatic heterocycles. The molecule has 1 aliphatic rings. The molecule has 0 saturated carbocycles. The Balaban J connectivity index is 1.63. The summed E-state index contributed by atoms with van der Waals surface area (Å²) in [5.74, 6) is -1.24. The van der Waals surface area contributed by atoms with E-state index >= 15 is 0 Å². The molecular weight excluding hydrogens is 362 g/mol. The van der Waals surface area contributed by atoms with Crippen LogP contribution in [0, 0.1) is 16.0 Å². The molecule has 134 valence electrons. The number of pyridine rings is 1. The summed E-state index contributed by atoms with van der Waals surface area (Å²) < 4.78 is 5.22. The lowest BCUT2D eigenvalue weighted by atomic mass is 10.1. The van der Waals surface area contributed by atoms with E-state index in [0.29, 0.717) is 6.54 Å². The van der Waals surface area contributed by atoms with Crippen LogP contribution in [0.2, 0.25) is 5.02 Å². The number of nitro benzene ring substituents is 1. The third-order valence-corrected chi connectivity index (χ3v) is 4.26. The van der Waals surface area contributed by atoms with Crippen LogP contribution in [0.25, 0.3) is 0 Å². The van der Waals surface area contributed by atoms with Crippen molar-refractivity contribution in [2.24, 2.45) is 5.92 Å². The number of benzene rings is 1. The highest BCUT2D eigenvalue weighted by molar-refractivity contribution is 6.32. The Hall–Kier alpha value is -3.00. The van der Waals surface area contributed by atoms with Crippen LogP contribution >= 0.6 is 11.6 Å². The second kappa shape index (κ2) is 7.49. The van der Waals surface area contributed by atoms with Crippen LogP contribution in [0.4, 0.5) is 5.69 Å². The summed E-state index contributed by atoms with van der Waals surface area (Å²) >= 11 is 5.80. The fourth-order valence-corrected chi connectivity index (χ4v) is 2.91. The number of nitrogens with zero attached hydrogens (tertiary/aromatic N) is 3. The van der Waals surface area contributed by atoms with Crippen LogP contribution in [0.15, 0.2) is 42.6 Å². The fraction of sp³-hybridized carbons (Fsp3) is 0.235. The van der Waals surface area contributed by atoms with Crippen LogP contribution in [0.1, 0.15) is 12.1 Å². The van der Waals surface area contributed by atoms with Gasteiger partial charge in [0.05, 0.1) is 23.1 Å². The quantitative estimate of drug-likeness (QED) is 0.344. The van der Waals surface area contributed by atoms with Gasteiger partial charge in [0, 0.05) is 31.3 Å². The molecular formula is C17H14ClN3O5. The molecule has 3 rings (SSSR count). The average molecular weight is 376 g/mol. The van der Waals surface area contributed by atoms with E-state index < -0.39 is 16.8 Å². The number of hydrogen-bond donors (Lipinski definition) is 0. The number of halogens is 1. The van der Waals surface area contributed by atoms with Gasteiger partial charge in [-0.25, -0.2) is 0 Å². The Labute approximate surface area is 153 Å². The highest BCUT2D eigenvalue weighted by Gasteiger charge is 2.35. The normalized spacial score (nSPS) is 16.6. The molecule has 1 fully saturated rings. The molecule has 1 atom stereocenters. The zero-order valence-electron chi connectivity index (χ0n) is 13.5. The van der Waals surface area contributed by atoms with Crippen molar-refractivity contribution in [2.75, 3.05) is 6.54 Å². The molecule has 0 radical (unpaired) electrons. The van der Waals surface area contributed by atoms with Gasteiger partial charge in [-0.2, -0.15) is 0 Å². The van der Waals surface area contributed by atoms with E-state index in [9.17, 15) is 19.7 Å². The van der Waals surface area contributed by atoms with Gasteiger partial charge in [-0.15, -0.1) is 0 Å². The first kappa shape index (κ1) is 17.8. The number of amides is 1. The van der Waals surface area contributed by atoms with E-state index in [4.69, 9.17) is 16.3 Å². The van der Waals surface area contributed by atoms with E-state index in [1.54, 1.807) is 23.2 Å². The monoisotopic (exact) mass is 375 g/mol. The summed E-state index contributed by atoms with van der Waals surface area (Å²) in [7, 11) is 0. The minimum atomic E-state index is -0.626. The molecule has 9 heteroatoms. The van der Waals surface area contributed by atoms with Gasteiger partial charge in [0.2, 0.25) is 5.91 Å². The van der Waals surface area contributed by atoms with Gasteiger partial charge in [0.1, 0.15) is 10.8 Å². The number of hydrogen-bond acceptors (Lipinski definition) is 6. The second-order valence-electron chi connectivity index (χ2n) is 5.79. The minimum absolute atomic E-state index is 0.0480. The number of carbonyl (C=O) groups excluding carboxylic acids is 2. The van der Waals surface area contributed by atoms with Crippen LogP contribution < -0.4 is 4.74 Å². The SMILES string of the molecule is O=C(Oc1ccc([N+](=O)[O-])c(Cl)c1)C1CC(=O)N(Cc2ccccn2)C1. The van der Waals surface area contributed by atoms with Crippen molar-refractivity contribution in [3.05, 3.63) is 63.4 Å². The van der Waals surface area contributed by atoms with Crippen molar-refractivity contribution < 1.29 is 19.2 Å². The van der Waals surface area contributed by atoms with Crippen LogP contribution in [-0.4, -0.2) is 33.2 Å². The van der Waals surface area contributed by atoms with Crippen LogP contribution in [0.3, 0.4) is 0 Å². The van der Waals surface area contributed by atoms with Gasteiger partial charge >= 0.3 is 5.97 Å². The first-order chi connectivity index (χ1) is 12.4. The van der Waals surface area contributed by atoms with Crippen molar-refractivity contribution in [2.45, 2.75) is 13.0 Å². The standard InChI is InChI=1S/C17H14ClN3O5/c18-14-8-13(4-5-15(14)21(24)25)26-17(23)11-7-16(22)20(9-11)10-12-3-1-2-6-19-12/h1-6,8,11H,7,9-10H2. The third kappa shape index (κ3) is 3.97. The lowest BCUT2D eigenvalue weighted by Crippen LogP contribution is -2.27. The number of ether oxygens (including phenoxy) is 1. The van der Waals surface area contributed by atoms with Gasteiger partial charge in [0.15, 0.2) is 0 Å². The average Bonchev–Trinajstić information content (AvgIpc) is 2.96. The molecule has 1 aromatic carbocycles. The molecule has 2 aromatic rings. The van der Waals surface area contributed by atoms with Gasteiger partial charge < -0.3 is 9.64 Å². The number of aromatic nitrogens is 1. The number of carbonyl (C=O) groups is 2. The van der Waals surface area contributed by atoms with Gasteiger partial charge in [-0.1, -0.05) is 17.7 Å². The largest absolute Gasteiger partial charge is 0.426 e. The number of rotatable bonds is 5. The smallest absolute Gasteiger partial charge is 0.316 e. The predicted octanol–water partition coefficient (Wildman–Crippen LogP) is 2.60. The molecule has 1 aliphatic heterocycles. The lowest BCUT2D eigenvalue weighted by Gasteiger charge is -2.15. The topological polar surface area (TPSA) is 103 Å². The van der Waals surface area contributed by atoms with Gasteiger partial charge in [-0.05, 0) is 18.2 Å². The molecule has 1 saturated heterocycles. The van der Waals surface area contributed by atoms with E-state index in [-0.39, 0.29) is 35.3 Å². The zero-order valence-corrected chi connectivity index (χ0v) is 14.3. The highest BCUT2D eigenvalue weighted by atomic mass is 35.5. The fourth-order valence-electron chi connectivity index (χ4n) is 2.67. The Morgan fingerprint density at radius 1 is 1.38 bits per heavy atom. The zero-order chi connectivity index (χ0) is 18.7. The van der Waals surface area contributed by atoms with E-state index in [1.165, 1.54) is 12.1 Å². The summed E-state index contributed by atoms with van der Waals surface area (Å²) in [4.78, 5) is 40.3. The number of nitro groups is 1. The maximum atomic E-state index is 12.3. The summed E-state index contributed by atoms with van der Waals surface area (Å²) in [6, 6.07) is 9.08. The van der Waals surface area contributed by atoms with Crippen molar-refractivity contribution in [3.63, 3.8) is 0 Å². The molecule has 0 spiro atoms. The predicted molar refractivity (Wildman–Crippen MR) is 91.5 cm³/mol. The molecule has 1 amide bonds. The third-order valence-electron chi connectivity index (χ3n) is 3.96. The highest BCUT2D eigenvalue weighted by Crippen LogP contribution is 2.29. The maximum Gasteiger partial charge on any atom is 0.316 e. The summed E-state index contributed by atoms with van der Waals surface area (Å²) in [5, 5.41) is 10.6. The van der Waals surface area contributed by atoms with Crippen molar-refractivity contribution in [1.82, 2.24) is 9.88 Å². The molecule has 0 N–H and O–H groups in total.